The van der Waals surface area contributed by atoms with Gasteiger partial charge in [-0.15, -0.1) is 0 Å². The summed E-state index contributed by atoms with van der Waals surface area (Å²) >= 11 is 0. The van der Waals surface area contributed by atoms with Crippen LogP contribution in [-0.4, -0.2) is 261 Å². The van der Waals surface area contributed by atoms with E-state index in [0.717, 1.165) is 89.7 Å². The molecule has 0 aliphatic carbocycles. The lowest BCUT2D eigenvalue weighted by Gasteiger charge is -2.37. The summed E-state index contributed by atoms with van der Waals surface area (Å²) < 4.78 is 0. The van der Waals surface area contributed by atoms with Gasteiger partial charge in [0.05, 0.1) is 32.2 Å². The van der Waals surface area contributed by atoms with Crippen molar-refractivity contribution in [2.45, 2.75) is 114 Å². The number of anilines is 4. The molecule has 0 spiro atoms. The van der Waals surface area contributed by atoms with Gasteiger partial charge in [0.15, 0.2) is 0 Å². The van der Waals surface area contributed by atoms with Crippen LogP contribution < -0.4 is 31.5 Å². The fourth-order valence-corrected chi connectivity index (χ4v) is 9.88. The third-order valence-electron chi connectivity index (χ3n) is 14.4. The fourth-order valence-electron chi connectivity index (χ4n) is 9.88. The summed E-state index contributed by atoms with van der Waals surface area (Å²) in [6.07, 6.45) is 10.1. The van der Waals surface area contributed by atoms with Gasteiger partial charge in [0.25, 0.3) is 0 Å². The molecule has 4 rings (SSSR count). The average molecular weight is 1170 g/mol. The number of hydrogen-bond donors (Lipinski definition) is 11. The van der Waals surface area contributed by atoms with Crippen molar-refractivity contribution >= 4 is 77.6 Å². The van der Waals surface area contributed by atoms with E-state index in [1.807, 2.05) is 24.3 Å². The molecule has 0 radical (unpaired) electrons. The number of carbonyl (C=O) groups is 9. The van der Waals surface area contributed by atoms with Crippen LogP contribution in [0.4, 0.5) is 28.3 Å². The predicted octanol–water partition coefficient (Wildman–Crippen LogP) is 1.23. The molecule has 1 aromatic heterocycles. The standard InChI is InChI=1S/C54H86N14O15/c1-55-51-60-52(57-40-16-14-39(15-17-40)32-42-33-66(36-48(77)78)25-24-64(34-46(73)74)22-23-65(35-47(75)76)28-31-68(42)37-49(79)80)62-53(61-51)67-29-26-63(27-30-67)21-11-7-5-3-2-4-6-8-13-44(70)56-20-10-9-12-43(50(81)82)59-54(83)58-41(38-69)18-19-45(71)72/h14-17,38,41-43H,2-13,18-37H2,1H3,(H,56,70)(H,71,72)(H,73,74)(H,75,76)(H,77,78)(H,79,80)(H,81,82)(H2,58,59,83)(H2,55,57,60,61,62)/t41-,42?,43-/m0/s1. The number of urea groups is 1. The second kappa shape index (κ2) is 37.7. The maximum Gasteiger partial charge on any atom is 0.326 e. The van der Waals surface area contributed by atoms with Crippen molar-refractivity contribution in [1.29, 1.82) is 0 Å². The minimum absolute atomic E-state index is 0.0615. The third kappa shape index (κ3) is 28.5. The predicted molar refractivity (Wildman–Crippen MR) is 305 cm³/mol. The molecule has 2 saturated heterocycles. The van der Waals surface area contributed by atoms with Gasteiger partial charge in [-0.1, -0.05) is 50.7 Å². The molecule has 3 amide bonds. The van der Waals surface area contributed by atoms with Crippen LogP contribution >= 0.6 is 0 Å². The van der Waals surface area contributed by atoms with Gasteiger partial charge in [-0.3, -0.25) is 53.3 Å². The van der Waals surface area contributed by atoms with Crippen molar-refractivity contribution in [2.24, 2.45) is 0 Å². The number of nitrogens with zero attached hydrogens (tertiary/aromatic N) is 9. The zero-order valence-electron chi connectivity index (χ0n) is 47.6. The van der Waals surface area contributed by atoms with Crippen molar-refractivity contribution in [3.8, 4) is 0 Å². The topological polar surface area (TPSA) is 393 Å². The number of aliphatic carboxylic acids is 6. The Bertz CT molecular complexity index is 2380. The van der Waals surface area contributed by atoms with E-state index in [1.54, 1.807) is 26.6 Å². The summed E-state index contributed by atoms with van der Waals surface area (Å²) in [7, 11) is 1.73. The zero-order chi connectivity index (χ0) is 60.5. The molecule has 2 aromatic rings. The normalized spacial score (nSPS) is 17.0. The summed E-state index contributed by atoms with van der Waals surface area (Å²) in [6.45, 7) is 4.57. The zero-order valence-corrected chi connectivity index (χ0v) is 47.6. The van der Waals surface area contributed by atoms with E-state index in [1.165, 1.54) is 0 Å². The number of carbonyl (C=O) groups excluding carboxylic acids is 3. The molecule has 3 atom stereocenters. The number of benzene rings is 1. The number of piperazine rings is 1. The van der Waals surface area contributed by atoms with E-state index < -0.39 is 60.0 Å². The summed E-state index contributed by atoms with van der Waals surface area (Å²) in [5.74, 6) is -5.48. The van der Waals surface area contributed by atoms with Crippen molar-refractivity contribution in [2.75, 3.05) is 134 Å². The quantitative estimate of drug-likeness (QED) is 0.0335. The highest BCUT2D eigenvalue weighted by Gasteiger charge is 2.29. The van der Waals surface area contributed by atoms with Gasteiger partial charge >= 0.3 is 41.8 Å². The summed E-state index contributed by atoms with van der Waals surface area (Å²) in [5.41, 5.74) is 1.52. The number of unbranched alkanes of at least 4 members (excludes halogenated alkanes) is 8. The van der Waals surface area contributed by atoms with Crippen molar-refractivity contribution in [3.63, 3.8) is 0 Å². The van der Waals surface area contributed by atoms with Crippen LogP contribution in [0.5, 0.6) is 0 Å². The lowest BCUT2D eigenvalue weighted by molar-refractivity contribution is -0.142. The number of nitrogens with one attached hydrogen (secondary N) is 5. The minimum Gasteiger partial charge on any atom is -0.481 e. The van der Waals surface area contributed by atoms with Crippen molar-refractivity contribution in [3.05, 3.63) is 29.8 Å². The van der Waals surface area contributed by atoms with Gasteiger partial charge in [-0.05, 0) is 69.2 Å². The van der Waals surface area contributed by atoms with E-state index in [4.69, 9.17) is 10.1 Å². The SMILES string of the molecule is CNc1nc(Nc2ccc(CC3CN(CC(=O)O)CCN(CC(=O)O)CCN(CC(=O)O)CCN3CC(=O)O)cc2)nc(N2CCN(CCCCCCCCCCC(=O)NCCCC[C@H](NC(=O)N[C@H](C=O)CCC(=O)O)C(=O)O)CC2)n1. The molecule has 83 heavy (non-hydrogen) atoms. The number of carboxylic acid groups (broad SMARTS) is 6. The molecule has 11 N–H and O–H groups in total. The highest BCUT2D eigenvalue weighted by molar-refractivity contribution is 5.84. The Morgan fingerprint density at radius 3 is 1.71 bits per heavy atom. The van der Waals surface area contributed by atoms with Gasteiger partial charge < -0.3 is 66.9 Å². The van der Waals surface area contributed by atoms with Crippen LogP contribution in [0.15, 0.2) is 24.3 Å². The van der Waals surface area contributed by atoms with E-state index in [2.05, 4.69) is 46.4 Å². The van der Waals surface area contributed by atoms with Crippen molar-refractivity contribution in [1.82, 2.24) is 55.4 Å². The van der Waals surface area contributed by atoms with E-state index in [-0.39, 0.29) is 97.2 Å². The summed E-state index contributed by atoms with van der Waals surface area (Å²) in [4.78, 5) is 131. The molecule has 3 heterocycles. The number of hydrogen-bond acceptors (Lipinski definition) is 20. The van der Waals surface area contributed by atoms with Gasteiger partial charge in [0, 0.05) is 110 Å². The largest absolute Gasteiger partial charge is 0.481 e. The second-order valence-electron chi connectivity index (χ2n) is 21.0. The number of amides is 3. The maximum absolute atomic E-state index is 12.3. The smallest absolute Gasteiger partial charge is 0.326 e. The molecule has 2 aliphatic rings. The molecule has 29 nitrogen and oxygen atoms in total. The molecule has 29 heteroatoms. The molecular weight excluding hydrogens is 1080 g/mol. The number of aldehydes is 1. The van der Waals surface area contributed by atoms with Gasteiger partial charge in [-0.2, -0.15) is 15.0 Å². The molecule has 0 saturated carbocycles. The van der Waals surface area contributed by atoms with Crippen LogP contribution in [-0.2, 0) is 44.8 Å². The fraction of sp³-hybridized carbons (Fsp3) is 0.667. The van der Waals surface area contributed by atoms with Crippen LogP contribution in [0.2, 0.25) is 0 Å². The first kappa shape index (κ1) is 68.2. The first-order valence-corrected chi connectivity index (χ1v) is 28.6. The van der Waals surface area contributed by atoms with Crippen LogP contribution in [0.1, 0.15) is 95.5 Å². The Labute approximate surface area is 483 Å². The second-order valence-corrected chi connectivity index (χ2v) is 21.0. The summed E-state index contributed by atoms with van der Waals surface area (Å²) in [6, 6.07) is 3.82. The number of rotatable bonds is 37. The number of carboxylic acids is 6. The molecule has 2 fully saturated rings. The molecule has 2 aliphatic heterocycles. The maximum atomic E-state index is 12.3. The van der Waals surface area contributed by atoms with Crippen molar-refractivity contribution < 1.29 is 73.8 Å². The first-order chi connectivity index (χ1) is 39.8. The van der Waals surface area contributed by atoms with E-state index >= 15 is 0 Å². The Kier molecular flexibility index (Phi) is 31.0. The monoisotopic (exact) mass is 1170 g/mol. The van der Waals surface area contributed by atoms with Gasteiger partial charge in [0.1, 0.15) is 12.3 Å². The number of aromatic nitrogens is 3. The molecule has 0 bridgehead atoms. The molecule has 462 valence electrons. The van der Waals surface area contributed by atoms with E-state index in [0.29, 0.717) is 62.0 Å². The van der Waals surface area contributed by atoms with E-state index in [9.17, 15) is 68.7 Å². The Hall–Kier alpha value is -7.34. The van der Waals surface area contributed by atoms with Gasteiger partial charge in [-0.25, -0.2) is 9.59 Å². The van der Waals surface area contributed by atoms with Gasteiger partial charge in [0.2, 0.25) is 23.8 Å². The Morgan fingerprint density at radius 1 is 0.578 bits per heavy atom. The molecule has 1 unspecified atom stereocenters. The highest BCUT2D eigenvalue weighted by atomic mass is 16.4. The molecule has 1 aromatic carbocycles. The van der Waals surface area contributed by atoms with Crippen LogP contribution in [0, 0.1) is 0 Å². The third-order valence-corrected chi connectivity index (χ3v) is 14.4. The Morgan fingerprint density at radius 2 is 1.13 bits per heavy atom. The first-order valence-electron chi connectivity index (χ1n) is 28.6. The average Bonchev–Trinajstić information content (AvgIpc) is 3.56. The lowest BCUT2D eigenvalue weighted by Crippen LogP contribution is -2.53. The lowest BCUT2D eigenvalue weighted by atomic mass is 10.0. The van der Waals surface area contributed by atoms with Crippen LogP contribution in [0.25, 0.3) is 0 Å². The van der Waals surface area contributed by atoms with Crippen LogP contribution in [0.3, 0.4) is 0 Å². The Balaban J connectivity index is 1.16. The summed E-state index contributed by atoms with van der Waals surface area (Å²) in [5, 5.41) is 71.0. The minimum atomic E-state index is -1.25. The highest BCUT2D eigenvalue weighted by Crippen LogP contribution is 2.22. The molecular formula is C54H86N14O15.